The maximum absolute atomic E-state index is 13.2. The fourth-order valence-corrected chi connectivity index (χ4v) is 6.67. The third-order valence-electron chi connectivity index (χ3n) is 8.90. The van der Waals surface area contributed by atoms with Crippen LogP contribution in [0.25, 0.3) is 22.1 Å². The lowest BCUT2D eigenvalue weighted by Crippen LogP contribution is -2.17. The van der Waals surface area contributed by atoms with E-state index in [1.54, 1.807) is 16.9 Å². The zero-order valence-electron chi connectivity index (χ0n) is 26.1. The van der Waals surface area contributed by atoms with Crippen LogP contribution in [0.4, 0.5) is 13.2 Å². The Morgan fingerprint density at radius 3 is 1.83 bits per heavy atom. The molecule has 244 valence electrons. The molecule has 2 aliphatic carbocycles. The van der Waals surface area contributed by atoms with Crippen molar-refractivity contribution in [2.75, 3.05) is 0 Å². The lowest BCUT2D eigenvalue weighted by molar-refractivity contribution is -0.138. The number of benzene rings is 1. The highest BCUT2D eigenvalue weighted by Gasteiger charge is 2.33. The van der Waals surface area contributed by atoms with E-state index in [4.69, 9.17) is 0 Å². The monoisotopic (exact) mass is 636 g/mol. The van der Waals surface area contributed by atoms with Gasteiger partial charge in [0.25, 0.3) is 11.1 Å². The first-order valence-corrected chi connectivity index (χ1v) is 16.2. The molecule has 2 N–H and O–H groups in total. The van der Waals surface area contributed by atoms with Crippen LogP contribution in [0.15, 0.2) is 46.2 Å². The fraction of sp³-hybridized carbons (Fsp3) is 0.515. The summed E-state index contributed by atoms with van der Waals surface area (Å²) in [7, 11) is 0. The molecule has 10 nitrogen and oxygen atoms in total. The normalized spacial score (nSPS) is 16.4. The molecular weight excluding hydrogens is 597 g/mol. The van der Waals surface area contributed by atoms with Crippen molar-refractivity contribution in [3.8, 4) is 0 Å². The summed E-state index contributed by atoms with van der Waals surface area (Å²) in [4.78, 5) is 39.0. The van der Waals surface area contributed by atoms with Gasteiger partial charge in [0.2, 0.25) is 0 Å². The molecule has 0 saturated heterocycles. The molecule has 46 heavy (non-hydrogen) atoms. The maximum Gasteiger partial charge on any atom is 0.416 e. The molecule has 13 heteroatoms. The van der Waals surface area contributed by atoms with Crippen molar-refractivity contribution < 1.29 is 13.2 Å². The summed E-state index contributed by atoms with van der Waals surface area (Å²) < 4.78 is 43.3. The van der Waals surface area contributed by atoms with E-state index in [0.717, 1.165) is 62.5 Å². The van der Waals surface area contributed by atoms with Gasteiger partial charge < -0.3 is 9.97 Å². The summed E-state index contributed by atoms with van der Waals surface area (Å²) in [6, 6.07) is 5.93. The summed E-state index contributed by atoms with van der Waals surface area (Å²) in [5.41, 5.74) is 0.129. The first-order chi connectivity index (χ1) is 22.1. The van der Waals surface area contributed by atoms with Crippen LogP contribution >= 0.6 is 0 Å². The predicted octanol–water partition coefficient (Wildman–Crippen LogP) is 6.67. The Hall–Kier alpha value is -4.29. The standard InChI is InChI=1S/C18H17F3N4O.C15H22N4O/c19-18(20,21)14-8-4-1-5-11(14)9-15-23-16-13(17(26)24-15)10-22-25(16)12-6-2-3-7-12;1-10(2)8-13-17-14-12(15(20)18-13)9-16-19(14)11-6-4-3-5-7-11/h1,4-5,8,10,12H,2-3,6-7,9H2,(H,23,24,26);9-11H,3-8H2,1-2H3,(H,17,18,20). The summed E-state index contributed by atoms with van der Waals surface area (Å²) in [6.07, 6.45) is 9.60. The number of aromatic nitrogens is 8. The Morgan fingerprint density at radius 1 is 0.783 bits per heavy atom. The lowest BCUT2D eigenvalue weighted by atomic mass is 9.96. The van der Waals surface area contributed by atoms with Gasteiger partial charge >= 0.3 is 6.18 Å². The van der Waals surface area contributed by atoms with Gasteiger partial charge in [0.1, 0.15) is 22.4 Å². The minimum atomic E-state index is -4.45. The van der Waals surface area contributed by atoms with Crippen molar-refractivity contribution in [3.63, 3.8) is 0 Å². The molecule has 0 bridgehead atoms. The molecule has 0 atom stereocenters. The number of hydrogen-bond acceptors (Lipinski definition) is 6. The molecular formula is C33H39F3N8O2. The van der Waals surface area contributed by atoms with Crippen molar-refractivity contribution in [3.05, 3.63) is 80.1 Å². The highest BCUT2D eigenvalue weighted by atomic mass is 19.4. The zero-order valence-corrected chi connectivity index (χ0v) is 26.1. The third kappa shape index (κ3) is 6.78. The minimum absolute atomic E-state index is 0.0623. The Balaban J connectivity index is 0.000000167. The maximum atomic E-state index is 13.2. The van der Waals surface area contributed by atoms with E-state index < -0.39 is 11.7 Å². The van der Waals surface area contributed by atoms with Crippen LogP contribution in [0.2, 0.25) is 0 Å². The van der Waals surface area contributed by atoms with E-state index in [0.29, 0.717) is 28.4 Å². The Morgan fingerprint density at radius 2 is 1.28 bits per heavy atom. The lowest BCUT2D eigenvalue weighted by Gasteiger charge is -2.22. The third-order valence-corrected chi connectivity index (χ3v) is 8.90. The number of aromatic amines is 2. The van der Waals surface area contributed by atoms with E-state index in [2.05, 4.69) is 44.0 Å². The molecule has 5 aromatic rings. The largest absolute Gasteiger partial charge is 0.416 e. The van der Waals surface area contributed by atoms with Crippen LogP contribution in [0.5, 0.6) is 0 Å². The minimum Gasteiger partial charge on any atom is -0.310 e. The number of fused-ring (bicyclic) bond motifs is 2. The van der Waals surface area contributed by atoms with Crippen molar-refractivity contribution in [2.45, 2.75) is 103 Å². The molecule has 0 unspecified atom stereocenters. The second-order valence-corrected chi connectivity index (χ2v) is 12.8. The molecule has 0 radical (unpaired) electrons. The zero-order chi connectivity index (χ0) is 32.4. The van der Waals surface area contributed by atoms with Crippen LogP contribution in [0.1, 0.15) is 106 Å². The molecule has 2 aliphatic rings. The molecule has 0 spiro atoms. The molecule has 4 aromatic heterocycles. The molecule has 0 amide bonds. The summed E-state index contributed by atoms with van der Waals surface area (Å²) in [6.45, 7) is 4.26. The average Bonchev–Trinajstić information content (AvgIpc) is 3.78. The highest BCUT2D eigenvalue weighted by molar-refractivity contribution is 5.74. The first kappa shape index (κ1) is 31.7. The van der Waals surface area contributed by atoms with Gasteiger partial charge in [0.05, 0.1) is 30.0 Å². The van der Waals surface area contributed by atoms with E-state index >= 15 is 0 Å². The predicted molar refractivity (Wildman–Crippen MR) is 169 cm³/mol. The van der Waals surface area contributed by atoms with Gasteiger partial charge in [-0.25, -0.2) is 19.3 Å². The Kier molecular flexibility index (Phi) is 9.10. The van der Waals surface area contributed by atoms with E-state index in [-0.39, 0.29) is 35.0 Å². The van der Waals surface area contributed by atoms with Gasteiger partial charge in [0.15, 0.2) is 11.3 Å². The van der Waals surface area contributed by atoms with Gasteiger partial charge in [-0.05, 0) is 43.2 Å². The molecule has 0 aliphatic heterocycles. The Labute approximate surface area is 263 Å². The van der Waals surface area contributed by atoms with Gasteiger partial charge in [0, 0.05) is 12.8 Å². The topological polar surface area (TPSA) is 127 Å². The van der Waals surface area contributed by atoms with Crippen LogP contribution in [0.3, 0.4) is 0 Å². The van der Waals surface area contributed by atoms with Gasteiger partial charge in [-0.1, -0.05) is 64.2 Å². The van der Waals surface area contributed by atoms with E-state index in [1.807, 2.05) is 4.68 Å². The second-order valence-electron chi connectivity index (χ2n) is 12.8. The molecule has 2 fully saturated rings. The van der Waals surface area contributed by atoms with Crippen LogP contribution in [-0.2, 0) is 19.0 Å². The van der Waals surface area contributed by atoms with Gasteiger partial charge in [-0.15, -0.1) is 0 Å². The molecule has 4 heterocycles. The summed E-state index contributed by atoms with van der Waals surface area (Å²) in [5.74, 6) is 1.45. The first-order valence-electron chi connectivity index (χ1n) is 16.2. The van der Waals surface area contributed by atoms with Gasteiger partial charge in [-0.2, -0.15) is 23.4 Å². The van der Waals surface area contributed by atoms with Crippen molar-refractivity contribution >= 4 is 22.1 Å². The number of alkyl halides is 3. The van der Waals surface area contributed by atoms with Gasteiger partial charge in [-0.3, -0.25) is 9.59 Å². The number of H-pyrrole nitrogens is 2. The number of nitrogens with one attached hydrogen (secondary N) is 2. The highest BCUT2D eigenvalue weighted by Crippen LogP contribution is 2.33. The number of nitrogens with zero attached hydrogens (tertiary/aromatic N) is 6. The summed E-state index contributed by atoms with van der Waals surface area (Å²) in [5, 5.41) is 9.71. The van der Waals surface area contributed by atoms with Crippen LogP contribution < -0.4 is 11.1 Å². The van der Waals surface area contributed by atoms with Crippen LogP contribution in [-0.4, -0.2) is 39.5 Å². The van der Waals surface area contributed by atoms with Crippen molar-refractivity contribution in [2.24, 2.45) is 5.92 Å². The van der Waals surface area contributed by atoms with Crippen LogP contribution in [0, 0.1) is 5.92 Å². The molecule has 7 rings (SSSR count). The number of halogens is 3. The molecule has 2 saturated carbocycles. The molecule has 1 aromatic carbocycles. The number of hydrogen-bond donors (Lipinski definition) is 2. The smallest absolute Gasteiger partial charge is 0.310 e. The SMILES string of the molecule is CC(C)Cc1nc2c(cnn2C2CCCCC2)c(=O)[nH]1.O=c1[nH]c(Cc2ccccc2C(F)(F)F)nc2c1cnn2C1CCCC1. The Bertz CT molecular complexity index is 1930. The van der Waals surface area contributed by atoms with E-state index in [9.17, 15) is 22.8 Å². The van der Waals surface area contributed by atoms with Crippen molar-refractivity contribution in [1.29, 1.82) is 0 Å². The average molecular weight is 637 g/mol. The fourth-order valence-electron chi connectivity index (χ4n) is 6.67. The number of rotatable bonds is 6. The van der Waals surface area contributed by atoms with E-state index in [1.165, 1.54) is 37.6 Å². The summed E-state index contributed by atoms with van der Waals surface area (Å²) >= 11 is 0. The van der Waals surface area contributed by atoms with Crippen molar-refractivity contribution in [1.82, 2.24) is 39.5 Å². The quantitative estimate of drug-likeness (QED) is 0.214. The second kappa shape index (κ2) is 13.2.